The molecule has 2 atom stereocenters. The number of amides is 2. The maximum atomic E-state index is 13.9. The SMILES string of the molecule is COc1ccc([C@@H]2CC(c3ccccc3)=NN2C2=NC(=O)[C@@H](CC(=O)Nc3ccccc3F)S2)cc1. The number of nitrogens with zero attached hydrogens (tertiary/aromatic N) is 3. The second-order valence-electron chi connectivity index (χ2n) is 8.32. The molecule has 7 nitrogen and oxygen atoms in total. The number of nitrogens with one attached hydrogen (secondary N) is 1. The van der Waals surface area contributed by atoms with Gasteiger partial charge in [0.1, 0.15) is 16.8 Å². The number of para-hydroxylation sites is 1. The number of halogens is 1. The Kier molecular flexibility index (Phi) is 6.81. The topological polar surface area (TPSA) is 83.4 Å². The van der Waals surface area contributed by atoms with Crippen LogP contribution in [0.3, 0.4) is 0 Å². The summed E-state index contributed by atoms with van der Waals surface area (Å²) in [4.78, 5) is 29.5. The second-order valence-corrected chi connectivity index (χ2v) is 9.49. The Balaban J connectivity index is 1.35. The van der Waals surface area contributed by atoms with Crippen molar-refractivity contribution >= 4 is 40.1 Å². The summed E-state index contributed by atoms with van der Waals surface area (Å²) in [5.74, 6) is -0.647. The molecule has 0 saturated carbocycles. The zero-order chi connectivity index (χ0) is 25.1. The van der Waals surface area contributed by atoms with Crippen LogP contribution in [0.2, 0.25) is 0 Å². The van der Waals surface area contributed by atoms with Crippen molar-refractivity contribution < 1.29 is 18.7 Å². The molecular formula is C27H23FN4O3S. The predicted molar refractivity (Wildman–Crippen MR) is 139 cm³/mol. The number of methoxy groups -OCH3 is 1. The van der Waals surface area contributed by atoms with Gasteiger partial charge in [0, 0.05) is 12.8 Å². The average molecular weight is 503 g/mol. The summed E-state index contributed by atoms with van der Waals surface area (Å²) in [5.41, 5.74) is 2.96. The lowest BCUT2D eigenvalue weighted by atomic mass is 9.98. The predicted octanol–water partition coefficient (Wildman–Crippen LogP) is 5.01. The number of hydrazone groups is 1. The van der Waals surface area contributed by atoms with Gasteiger partial charge in [0.2, 0.25) is 5.91 Å². The van der Waals surface area contributed by atoms with Gasteiger partial charge < -0.3 is 10.1 Å². The molecule has 182 valence electrons. The largest absolute Gasteiger partial charge is 0.497 e. The first-order valence-corrected chi connectivity index (χ1v) is 12.3. The lowest BCUT2D eigenvalue weighted by Crippen LogP contribution is -2.25. The van der Waals surface area contributed by atoms with Gasteiger partial charge in [-0.15, -0.1) is 0 Å². The van der Waals surface area contributed by atoms with Crippen LogP contribution in [0, 0.1) is 5.82 Å². The van der Waals surface area contributed by atoms with E-state index in [1.165, 1.54) is 23.9 Å². The minimum absolute atomic E-state index is 0.0790. The standard InChI is InChI=1S/C27H23FN4O3S/c1-35-19-13-11-18(12-14-19)23-15-22(17-7-3-2-4-8-17)31-32(23)27-30-26(34)24(36-27)16-25(33)29-21-10-6-5-9-20(21)28/h2-14,23-24H,15-16H2,1H3,(H,29,33)/t23-,24+/m0/s1. The van der Waals surface area contributed by atoms with Crippen molar-refractivity contribution in [1.82, 2.24) is 5.01 Å². The summed E-state index contributed by atoms with van der Waals surface area (Å²) in [6.45, 7) is 0. The monoisotopic (exact) mass is 502 g/mol. The third kappa shape index (κ3) is 5.01. The van der Waals surface area contributed by atoms with E-state index in [0.29, 0.717) is 11.6 Å². The Labute approximate surface area is 212 Å². The van der Waals surface area contributed by atoms with Crippen LogP contribution in [0.1, 0.15) is 30.0 Å². The number of hydrogen-bond donors (Lipinski definition) is 1. The average Bonchev–Trinajstić information content (AvgIpc) is 3.50. The van der Waals surface area contributed by atoms with Crippen LogP contribution in [0.4, 0.5) is 10.1 Å². The number of anilines is 1. The molecule has 0 unspecified atom stereocenters. The Morgan fingerprint density at radius 3 is 2.53 bits per heavy atom. The van der Waals surface area contributed by atoms with Gasteiger partial charge in [-0.05, 0) is 35.4 Å². The van der Waals surface area contributed by atoms with Crippen LogP contribution in [0.15, 0.2) is 89.0 Å². The number of hydrogen-bond acceptors (Lipinski definition) is 6. The number of benzene rings is 3. The van der Waals surface area contributed by atoms with Gasteiger partial charge in [0.15, 0.2) is 5.17 Å². The molecule has 36 heavy (non-hydrogen) atoms. The Hall–Kier alpha value is -3.98. The summed E-state index contributed by atoms with van der Waals surface area (Å²) in [7, 11) is 1.62. The third-order valence-electron chi connectivity index (χ3n) is 5.96. The van der Waals surface area contributed by atoms with E-state index in [4.69, 9.17) is 9.84 Å². The van der Waals surface area contributed by atoms with Crippen LogP contribution in [-0.4, -0.2) is 40.1 Å². The molecule has 2 heterocycles. The van der Waals surface area contributed by atoms with E-state index in [1.807, 2.05) is 54.6 Å². The van der Waals surface area contributed by atoms with E-state index < -0.39 is 22.9 Å². The van der Waals surface area contributed by atoms with Crippen molar-refractivity contribution in [2.24, 2.45) is 10.1 Å². The fourth-order valence-electron chi connectivity index (χ4n) is 4.11. The van der Waals surface area contributed by atoms with Crippen molar-refractivity contribution in [3.8, 4) is 5.75 Å². The van der Waals surface area contributed by atoms with Crippen LogP contribution in [0.25, 0.3) is 0 Å². The van der Waals surface area contributed by atoms with Crippen LogP contribution in [-0.2, 0) is 9.59 Å². The third-order valence-corrected chi connectivity index (χ3v) is 7.10. The summed E-state index contributed by atoms with van der Waals surface area (Å²) < 4.78 is 19.2. The van der Waals surface area contributed by atoms with Crippen LogP contribution >= 0.6 is 11.8 Å². The summed E-state index contributed by atoms with van der Waals surface area (Å²) >= 11 is 1.20. The van der Waals surface area contributed by atoms with Gasteiger partial charge in [0.05, 0.1) is 24.6 Å². The molecular weight excluding hydrogens is 479 g/mol. The number of amidine groups is 1. The smallest absolute Gasteiger partial charge is 0.262 e. The molecule has 0 aliphatic carbocycles. The summed E-state index contributed by atoms with van der Waals surface area (Å²) in [6.07, 6.45) is 0.504. The molecule has 2 aliphatic rings. The molecule has 3 aromatic carbocycles. The van der Waals surface area contributed by atoms with Gasteiger partial charge in [-0.2, -0.15) is 10.1 Å². The maximum Gasteiger partial charge on any atom is 0.262 e. The van der Waals surface area contributed by atoms with Gasteiger partial charge >= 0.3 is 0 Å². The highest BCUT2D eigenvalue weighted by molar-refractivity contribution is 8.15. The normalized spacial score (nSPS) is 19.2. The minimum Gasteiger partial charge on any atom is -0.497 e. The van der Waals surface area contributed by atoms with E-state index in [0.717, 1.165) is 22.6 Å². The Morgan fingerprint density at radius 1 is 1.08 bits per heavy atom. The highest BCUT2D eigenvalue weighted by atomic mass is 32.2. The second kappa shape index (κ2) is 10.3. The lowest BCUT2D eigenvalue weighted by Gasteiger charge is -2.23. The quantitative estimate of drug-likeness (QED) is 0.512. The fraction of sp³-hybridized carbons (Fsp3) is 0.185. The van der Waals surface area contributed by atoms with Gasteiger partial charge in [-0.3, -0.25) is 9.59 Å². The molecule has 2 amide bonds. The molecule has 1 N–H and O–H groups in total. The first-order chi connectivity index (χ1) is 17.5. The molecule has 0 spiro atoms. The van der Waals surface area contributed by atoms with Crippen molar-refractivity contribution in [2.75, 3.05) is 12.4 Å². The van der Waals surface area contributed by atoms with Crippen LogP contribution < -0.4 is 10.1 Å². The van der Waals surface area contributed by atoms with Crippen molar-refractivity contribution in [3.63, 3.8) is 0 Å². The number of thioether (sulfide) groups is 1. The molecule has 5 rings (SSSR count). The van der Waals surface area contributed by atoms with E-state index in [1.54, 1.807) is 24.3 Å². The number of aliphatic imine (C=N–C) groups is 1. The van der Waals surface area contributed by atoms with Crippen molar-refractivity contribution in [3.05, 3.63) is 95.8 Å². The number of carbonyl (C=O) groups excluding carboxylic acids is 2. The molecule has 9 heteroatoms. The lowest BCUT2D eigenvalue weighted by molar-refractivity contribution is -0.121. The van der Waals surface area contributed by atoms with E-state index in [-0.39, 0.29) is 18.2 Å². The number of carbonyl (C=O) groups is 2. The van der Waals surface area contributed by atoms with Gasteiger partial charge in [0.25, 0.3) is 5.91 Å². The Morgan fingerprint density at radius 2 is 1.81 bits per heavy atom. The van der Waals surface area contributed by atoms with Gasteiger partial charge in [-0.25, -0.2) is 9.40 Å². The molecule has 2 aliphatic heterocycles. The fourth-order valence-corrected chi connectivity index (χ4v) is 5.18. The van der Waals surface area contributed by atoms with Crippen LogP contribution in [0.5, 0.6) is 5.75 Å². The minimum atomic E-state index is -0.709. The Bertz CT molecular complexity index is 1340. The zero-order valence-corrected chi connectivity index (χ0v) is 20.2. The number of rotatable bonds is 6. The summed E-state index contributed by atoms with van der Waals surface area (Å²) in [6, 6.07) is 23.3. The molecule has 0 fully saturated rings. The molecule has 0 radical (unpaired) electrons. The first kappa shape index (κ1) is 23.7. The molecule has 0 saturated heterocycles. The molecule has 3 aromatic rings. The number of ether oxygens (including phenoxy) is 1. The van der Waals surface area contributed by atoms with Crippen molar-refractivity contribution in [1.29, 1.82) is 0 Å². The van der Waals surface area contributed by atoms with E-state index in [2.05, 4.69) is 10.3 Å². The highest BCUT2D eigenvalue weighted by Gasteiger charge is 2.39. The maximum absolute atomic E-state index is 13.9. The highest BCUT2D eigenvalue weighted by Crippen LogP contribution is 2.39. The molecule has 0 aromatic heterocycles. The zero-order valence-electron chi connectivity index (χ0n) is 19.4. The van der Waals surface area contributed by atoms with E-state index >= 15 is 0 Å². The van der Waals surface area contributed by atoms with Crippen molar-refractivity contribution in [2.45, 2.75) is 24.1 Å². The first-order valence-electron chi connectivity index (χ1n) is 11.4. The van der Waals surface area contributed by atoms with Gasteiger partial charge in [-0.1, -0.05) is 66.4 Å². The summed E-state index contributed by atoms with van der Waals surface area (Å²) in [5, 5.41) is 8.86. The molecule has 0 bridgehead atoms. The van der Waals surface area contributed by atoms with E-state index in [9.17, 15) is 14.0 Å².